The minimum atomic E-state index is -0.889. The summed E-state index contributed by atoms with van der Waals surface area (Å²) in [5.41, 5.74) is -0.889. The molecular weight excluding hydrogens is 284 g/mol. The fraction of sp³-hybridized carbons (Fsp3) is 0.733. The third-order valence-corrected chi connectivity index (χ3v) is 4.74. The average Bonchev–Trinajstić information content (AvgIpc) is 2.74. The normalized spacial score (nSPS) is 18.0. The van der Waals surface area contributed by atoms with Crippen LogP contribution in [-0.2, 0) is 11.2 Å². The Labute approximate surface area is 129 Å². The van der Waals surface area contributed by atoms with Crippen LogP contribution in [0.1, 0.15) is 57.4 Å². The first-order chi connectivity index (χ1) is 10.1. The van der Waals surface area contributed by atoms with E-state index in [4.69, 9.17) is 0 Å². The van der Waals surface area contributed by atoms with Crippen molar-refractivity contribution in [3.8, 4) is 6.07 Å². The highest BCUT2D eigenvalue weighted by atomic mass is 32.1. The molecule has 1 heterocycles. The lowest BCUT2D eigenvalue weighted by Crippen LogP contribution is -2.34. The van der Waals surface area contributed by atoms with E-state index < -0.39 is 5.41 Å². The van der Waals surface area contributed by atoms with Crippen molar-refractivity contribution in [2.75, 3.05) is 5.32 Å². The highest BCUT2D eigenvalue weighted by Gasteiger charge is 2.39. The molecule has 114 valence electrons. The topological polar surface area (TPSA) is 78.7 Å². The van der Waals surface area contributed by atoms with Gasteiger partial charge in [0, 0.05) is 6.42 Å². The molecule has 0 bridgehead atoms. The Hall–Kier alpha value is -1.48. The SMILES string of the molecule is CC(C)Cc1nnc(NC(=O)C2(C#N)CCCCCC2)s1. The van der Waals surface area contributed by atoms with Gasteiger partial charge in [0.25, 0.3) is 0 Å². The van der Waals surface area contributed by atoms with Gasteiger partial charge in [-0.1, -0.05) is 50.9 Å². The third-order valence-electron chi connectivity index (χ3n) is 3.88. The van der Waals surface area contributed by atoms with Crippen LogP contribution in [-0.4, -0.2) is 16.1 Å². The monoisotopic (exact) mass is 306 g/mol. The summed E-state index contributed by atoms with van der Waals surface area (Å²) in [4.78, 5) is 12.5. The summed E-state index contributed by atoms with van der Waals surface area (Å²) < 4.78 is 0. The molecule has 1 N–H and O–H groups in total. The number of nitriles is 1. The van der Waals surface area contributed by atoms with Crippen molar-refractivity contribution in [1.82, 2.24) is 10.2 Å². The highest BCUT2D eigenvalue weighted by Crippen LogP contribution is 2.36. The zero-order valence-electron chi connectivity index (χ0n) is 12.7. The minimum absolute atomic E-state index is 0.209. The second kappa shape index (κ2) is 6.99. The van der Waals surface area contributed by atoms with Crippen LogP contribution in [0.25, 0.3) is 0 Å². The molecule has 0 aliphatic heterocycles. The van der Waals surface area contributed by atoms with Crippen LogP contribution >= 0.6 is 11.3 Å². The number of rotatable bonds is 4. The van der Waals surface area contributed by atoms with Gasteiger partial charge in [0.2, 0.25) is 11.0 Å². The molecule has 1 fully saturated rings. The number of aromatic nitrogens is 2. The van der Waals surface area contributed by atoms with Crippen LogP contribution in [0.4, 0.5) is 5.13 Å². The Morgan fingerprint density at radius 1 is 1.33 bits per heavy atom. The van der Waals surface area contributed by atoms with Gasteiger partial charge < -0.3 is 0 Å². The Morgan fingerprint density at radius 3 is 2.57 bits per heavy atom. The molecule has 0 saturated heterocycles. The smallest absolute Gasteiger partial charge is 0.246 e. The molecule has 2 rings (SSSR count). The summed E-state index contributed by atoms with van der Waals surface area (Å²) >= 11 is 1.40. The molecule has 6 heteroatoms. The fourth-order valence-electron chi connectivity index (χ4n) is 2.67. The summed E-state index contributed by atoms with van der Waals surface area (Å²) in [5.74, 6) is 0.299. The van der Waals surface area contributed by atoms with Gasteiger partial charge in [-0.15, -0.1) is 10.2 Å². The van der Waals surface area contributed by atoms with Crippen LogP contribution in [0.15, 0.2) is 0 Å². The van der Waals surface area contributed by atoms with Gasteiger partial charge in [0.15, 0.2) is 0 Å². The van der Waals surface area contributed by atoms with Gasteiger partial charge >= 0.3 is 0 Å². The van der Waals surface area contributed by atoms with Crippen LogP contribution in [0.5, 0.6) is 0 Å². The van der Waals surface area contributed by atoms with E-state index in [1.807, 2.05) is 0 Å². The molecule has 21 heavy (non-hydrogen) atoms. The number of anilines is 1. The maximum atomic E-state index is 12.5. The largest absolute Gasteiger partial charge is 0.299 e. The van der Waals surface area contributed by atoms with Crippen LogP contribution in [0, 0.1) is 22.7 Å². The second-order valence-corrected chi connectivity index (χ2v) is 7.22. The predicted octanol–water partition coefficient (Wildman–Crippen LogP) is 3.54. The summed E-state index contributed by atoms with van der Waals surface area (Å²) in [6, 6.07) is 2.26. The molecular formula is C15H22N4OS. The van der Waals surface area contributed by atoms with Crippen LogP contribution in [0.2, 0.25) is 0 Å². The summed E-state index contributed by atoms with van der Waals surface area (Å²) in [6.45, 7) is 4.24. The lowest BCUT2D eigenvalue weighted by molar-refractivity contribution is -0.123. The molecule has 5 nitrogen and oxygen atoms in total. The second-order valence-electron chi connectivity index (χ2n) is 6.16. The van der Waals surface area contributed by atoms with Gasteiger partial charge in [-0.2, -0.15) is 5.26 Å². The number of carbonyl (C=O) groups is 1. The van der Waals surface area contributed by atoms with E-state index >= 15 is 0 Å². The first-order valence-corrected chi connectivity index (χ1v) is 8.42. The maximum Gasteiger partial charge on any atom is 0.246 e. The zero-order chi connectivity index (χ0) is 15.3. The summed E-state index contributed by atoms with van der Waals surface area (Å²) in [5, 5.41) is 21.8. The Morgan fingerprint density at radius 2 is 2.00 bits per heavy atom. The van der Waals surface area contributed by atoms with Crippen molar-refractivity contribution in [3.05, 3.63) is 5.01 Å². The van der Waals surface area contributed by atoms with Crippen molar-refractivity contribution in [2.24, 2.45) is 11.3 Å². The Kier molecular flexibility index (Phi) is 5.29. The summed E-state index contributed by atoms with van der Waals surface area (Å²) in [7, 11) is 0. The lowest BCUT2D eigenvalue weighted by Gasteiger charge is -2.22. The van der Waals surface area contributed by atoms with E-state index in [1.165, 1.54) is 11.3 Å². The number of nitrogens with one attached hydrogen (secondary N) is 1. The molecule has 0 spiro atoms. The minimum Gasteiger partial charge on any atom is -0.299 e. The van der Waals surface area contributed by atoms with E-state index in [0.29, 0.717) is 23.9 Å². The molecule has 0 radical (unpaired) electrons. The first-order valence-electron chi connectivity index (χ1n) is 7.61. The number of hydrogen-bond acceptors (Lipinski definition) is 5. The van der Waals surface area contributed by atoms with E-state index in [0.717, 1.165) is 37.1 Å². The molecule has 1 aliphatic rings. The molecule has 0 aromatic carbocycles. The Balaban J connectivity index is 2.05. The molecule has 1 saturated carbocycles. The van der Waals surface area contributed by atoms with Gasteiger partial charge in [0.1, 0.15) is 10.4 Å². The van der Waals surface area contributed by atoms with Crippen molar-refractivity contribution < 1.29 is 4.79 Å². The van der Waals surface area contributed by atoms with Gasteiger partial charge in [-0.25, -0.2) is 0 Å². The molecule has 1 aromatic heterocycles. The number of amides is 1. The highest BCUT2D eigenvalue weighted by molar-refractivity contribution is 7.15. The predicted molar refractivity (Wildman–Crippen MR) is 82.8 cm³/mol. The van der Waals surface area contributed by atoms with Crippen molar-refractivity contribution in [1.29, 1.82) is 5.26 Å². The first kappa shape index (κ1) is 15.9. The van der Waals surface area contributed by atoms with Gasteiger partial charge in [-0.05, 0) is 18.8 Å². The van der Waals surface area contributed by atoms with Crippen LogP contribution < -0.4 is 5.32 Å². The molecule has 1 aliphatic carbocycles. The van der Waals surface area contributed by atoms with E-state index in [9.17, 15) is 10.1 Å². The van der Waals surface area contributed by atoms with E-state index in [-0.39, 0.29) is 5.91 Å². The van der Waals surface area contributed by atoms with Crippen molar-refractivity contribution in [2.45, 2.75) is 58.8 Å². The maximum absolute atomic E-state index is 12.5. The quantitative estimate of drug-likeness (QED) is 0.863. The van der Waals surface area contributed by atoms with Crippen molar-refractivity contribution >= 4 is 22.4 Å². The molecule has 1 amide bonds. The van der Waals surface area contributed by atoms with E-state index in [1.54, 1.807) is 0 Å². The Bertz CT molecular complexity index is 524. The molecule has 0 unspecified atom stereocenters. The molecule has 0 atom stereocenters. The average molecular weight is 306 g/mol. The third kappa shape index (κ3) is 4.01. The van der Waals surface area contributed by atoms with E-state index in [2.05, 4.69) is 35.4 Å². The fourth-order valence-corrected chi connectivity index (χ4v) is 3.62. The standard InChI is InChI=1S/C15H22N4OS/c1-11(2)9-12-18-19-14(21-12)17-13(20)15(10-16)7-5-3-4-6-8-15/h11H,3-9H2,1-2H3,(H,17,19,20). The van der Waals surface area contributed by atoms with Gasteiger partial charge in [0.05, 0.1) is 6.07 Å². The number of nitrogens with zero attached hydrogens (tertiary/aromatic N) is 3. The number of hydrogen-bond donors (Lipinski definition) is 1. The molecule has 1 aromatic rings. The van der Waals surface area contributed by atoms with Crippen molar-refractivity contribution in [3.63, 3.8) is 0 Å². The van der Waals surface area contributed by atoms with Gasteiger partial charge in [-0.3, -0.25) is 10.1 Å². The number of carbonyl (C=O) groups excluding carboxylic acids is 1. The zero-order valence-corrected chi connectivity index (χ0v) is 13.5. The van der Waals surface area contributed by atoms with Crippen LogP contribution in [0.3, 0.4) is 0 Å². The summed E-state index contributed by atoms with van der Waals surface area (Å²) in [6.07, 6.45) is 6.24. The lowest BCUT2D eigenvalue weighted by atomic mass is 9.81.